The van der Waals surface area contributed by atoms with E-state index < -0.39 is 28.0 Å². The van der Waals surface area contributed by atoms with Crippen molar-refractivity contribution in [1.29, 1.82) is 0 Å². The highest BCUT2D eigenvalue weighted by atomic mass is 32.2. The number of nitrogens with one attached hydrogen (secondary N) is 2. The Labute approximate surface area is 122 Å². The molecule has 0 heterocycles. The molecule has 0 saturated heterocycles. The zero-order valence-corrected chi connectivity index (χ0v) is 12.2. The highest BCUT2D eigenvalue weighted by Crippen LogP contribution is 2.17. The monoisotopic (exact) mass is 315 g/mol. The molecule has 1 unspecified atom stereocenters. The molecule has 0 fully saturated rings. The Hall–Kier alpha value is -2.29. The fourth-order valence-electron chi connectivity index (χ4n) is 1.68. The first-order chi connectivity index (χ1) is 9.76. The van der Waals surface area contributed by atoms with E-state index in [0.29, 0.717) is 5.56 Å². The van der Waals surface area contributed by atoms with Crippen molar-refractivity contribution in [2.45, 2.75) is 17.9 Å². The van der Waals surface area contributed by atoms with E-state index in [1.807, 2.05) is 0 Å². The number of carboxylic acid groups (broad SMARTS) is 1. The van der Waals surface area contributed by atoms with E-state index in [2.05, 4.69) is 10.6 Å². The Balaban J connectivity index is 2.97. The van der Waals surface area contributed by atoms with Gasteiger partial charge in [-0.25, -0.2) is 18.0 Å². The number of hydrogen-bond donors (Lipinski definition) is 4. The van der Waals surface area contributed by atoms with Gasteiger partial charge in [-0.2, -0.15) is 0 Å². The maximum absolute atomic E-state index is 11.7. The Morgan fingerprint density at radius 1 is 1.29 bits per heavy atom. The number of urea groups is 1. The van der Waals surface area contributed by atoms with Gasteiger partial charge in [-0.1, -0.05) is 19.1 Å². The van der Waals surface area contributed by atoms with Crippen molar-refractivity contribution in [1.82, 2.24) is 10.6 Å². The largest absolute Gasteiger partial charge is 0.465 e. The Kier molecular flexibility index (Phi) is 5.53. The van der Waals surface area contributed by atoms with Gasteiger partial charge < -0.3 is 21.5 Å². The summed E-state index contributed by atoms with van der Waals surface area (Å²) < 4.78 is 23.4. The van der Waals surface area contributed by atoms with Crippen LogP contribution in [-0.2, 0) is 9.84 Å². The van der Waals surface area contributed by atoms with Gasteiger partial charge in [0.05, 0.1) is 16.7 Å². The standard InChI is InChI=1S/C12H17N3O5S/c1-2-21(19,20)9-5-3-8(4-6-9)10(15-12(17)18)7-14-11(13)16/h3-6,10,15H,2,7H2,1H3,(H,17,18)(H3,13,14,16). The minimum absolute atomic E-state index is 0.0214. The molecule has 0 aromatic heterocycles. The summed E-state index contributed by atoms with van der Waals surface area (Å²) in [5.74, 6) is -0.0214. The molecule has 5 N–H and O–H groups in total. The average molecular weight is 315 g/mol. The molecule has 0 aliphatic rings. The molecule has 9 heteroatoms. The number of carbonyl (C=O) groups is 2. The molecular weight excluding hydrogens is 298 g/mol. The summed E-state index contributed by atoms with van der Waals surface area (Å²) in [6.07, 6.45) is -1.27. The van der Waals surface area contributed by atoms with Crippen LogP contribution in [0.3, 0.4) is 0 Å². The number of sulfone groups is 1. The number of amides is 3. The van der Waals surface area contributed by atoms with E-state index in [9.17, 15) is 18.0 Å². The third-order valence-corrected chi connectivity index (χ3v) is 4.55. The fourth-order valence-corrected chi connectivity index (χ4v) is 2.56. The van der Waals surface area contributed by atoms with E-state index in [1.54, 1.807) is 0 Å². The Morgan fingerprint density at radius 2 is 1.86 bits per heavy atom. The predicted octanol–water partition coefficient (Wildman–Crippen LogP) is 0.457. The molecule has 8 nitrogen and oxygen atoms in total. The second-order valence-corrected chi connectivity index (χ2v) is 6.50. The quantitative estimate of drug-likeness (QED) is 0.604. The van der Waals surface area contributed by atoms with Gasteiger partial charge in [0.2, 0.25) is 0 Å². The van der Waals surface area contributed by atoms with Crippen LogP contribution >= 0.6 is 0 Å². The van der Waals surface area contributed by atoms with Crippen LogP contribution in [0.15, 0.2) is 29.2 Å². The van der Waals surface area contributed by atoms with E-state index in [0.717, 1.165) is 0 Å². The lowest BCUT2D eigenvalue weighted by atomic mass is 10.1. The summed E-state index contributed by atoms with van der Waals surface area (Å²) in [7, 11) is -3.32. The number of nitrogens with two attached hydrogens (primary N) is 1. The minimum Gasteiger partial charge on any atom is -0.465 e. The van der Waals surface area contributed by atoms with Crippen LogP contribution in [0.5, 0.6) is 0 Å². The van der Waals surface area contributed by atoms with Gasteiger partial charge in [0.1, 0.15) is 0 Å². The molecule has 0 bridgehead atoms. The molecule has 116 valence electrons. The van der Waals surface area contributed by atoms with Crippen LogP contribution in [0.4, 0.5) is 9.59 Å². The predicted molar refractivity (Wildman–Crippen MR) is 75.7 cm³/mol. The number of benzene rings is 1. The number of primary amides is 1. The van der Waals surface area contributed by atoms with E-state index in [1.165, 1.54) is 31.2 Å². The van der Waals surface area contributed by atoms with Crippen molar-refractivity contribution in [3.05, 3.63) is 29.8 Å². The maximum Gasteiger partial charge on any atom is 0.405 e. The first-order valence-electron chi connectivity index (χ1n) is 6.11. The lowest BCUT2D eigenvalue weighted by molar-refractivity contribution is 0.189. The Morgan fingerprint density at radius 3 is 2.29 bits per heavy atom. The van der Waals surface area contributed by atoms with Gasteiger partial charge in [0.25, 0.3) is 0 Å². The van der Waals surface area contributed by atoms with Gasteiger partial charge in [0, 0.05) is 6.54 Å². The minimum atomic E-state index is -3.32. The molecule has 0 radical (unpaired) electrons. The normalized spacial score (nSPS) is 12.4. The van der Waals surface area contributed by atoms with Crippen LogP contribution in [0.2, 0.25) is 0 Å². The van der Waals surface area contributed by atoms with Gasteiger partial charge >= 0.3 is 12.1 Å². The molecule has 3 amide bonds. The zero-order chi connectivity index (χ0) is 16.0. The first kappa shape index (κ1) is 16.8. The maximum atomic E-state index is 11.7. The first-order valence-corrected chi connectivity index (χ1v) is 7.77. The molecule has 1 atom stereocenters. The summed E-state index contributed by atoms with van der Waals surface area (Å²) in [6, 6.07) is 4.27. The smallest absolute Gasteiger partial charge is 0.405 e. The van der Waals surface area contributed by atoms with Crippen molar-refractivity contribution in [3.63, 3.8) is 0 Å². The van der Waals surface area contributed by atoms with Crippen molar-refractivity contribution in [2.75, 3.05) is 12.3 Å². The molecule has 0 aliphatic heterocycles. The molecule has 0 aliphatic carbocycles. The van der Waals surface area contributed by atoms with E-state index in [4.69, 9.17) is 10.8 Å². The highest BCUT2D eigenvalue weighted by molar-refractivity contribution is 7.91. The third-order valence-electron chi connectivity index (χ3n) is 2.80. The molecule has 1 aromatic carbocycles. The van der Waals surface area contributed by atoms with E-state index >= 15 is 0 Å². The van der Waals surface area contributed by atoms with Gasteiger partial charge in [-0.05, 0) is 17.7 Å². The SMILES string of the molecule is CCS(=O)(=O)c1ccc(C(CNC(N)=O)NC(=O)O)cc1. The van der Waals surface area contributed by atoms with Crippen molar-refractivity contribution in [2.24, 2.45) is 5.73 Å². The van der Waals surface area contributed by atoms with Crippen LogP contribution in [0.1, 0.15) is 18.5 Å². The number of carbonyl (C=O) groups excluding carboxylic acids is 1. The van der Waals surface area contributed by atoms with Gasteiger partial charge in [-0.3, -0.25) is 0 Å². The van der Waals surface area contributed by atoms with Crippen molar-refractivity contribution < 1.29 is 23.1 Å². The zero-order valence-electron chi connectivity index (χ0n) is 11.4. The summed E-state index contributed by atoms with van der Waals surface area (Å²) in [5, 5.41) is 13.3. The van der Waals surface area contributed by atoms with Crippen LogP contribution < -0.4 is 16.4 Å². The molecule has 0 saturated carbocycles. The third kappa shape index (κ3) is 4.95. The van der Waals surface area contributed by atoms with Crippen LogP contribution in [-0.4, -0.2) is 37.9 Å². The average Bonchev–Trinajstić information content (AvgIpc) is 2.43. The molecular formula is C12H17N3O5S. The van der Waals surface area contributed by atoms with Gasteiger partial charge in [-0.15, -0.1) is 0 Å². The number of rotatable bonds is 6. The summed E-state index contributed by atoms with van der Waals surface area (Å²) in [6.45, 7) is 1.50. The fraction of sp³-hybridized carbons (Fsp3) is 0.333. The molecule has 1 rings (SSSR count). The van der Waals surface area contributed by atoms with Gasteiger partial charge in [0.15, 0.2) is 9.84 Å². The summed E-state index contributed by atoms with van der Waals surface area (Å²) in [5.41, 5.74) is 5.46. The van der Waals surface area contributed by atoms with Crippen LogP contribution in [0.25, 0.3) is 0 Å². The van der Waals surface area contributed by atoms with E-state index in [-0.39, 0.29) is 17.2 Å². The van der Waals surface area contributed by atoms with Crippen molar-refractivity contribution in [3.8, 4) is 0 Å². The summed E-state index contributed by atoms with van der Waals surface area (Å²) in [4.78, 5) is 21.6. The lowest BCUT2D eigenvalue weighted by Gasteiger charge is -2.17. The second-order valence-electron chi connectivity index (χ2n) is 4.22. The van der Waals surface area contributed by atoms with Crippen LogP contribution in [0, 0.1) is 0 Å². The highest BCUT2D eigenvalue weighted by Gasteiger charge is 2.16. The number of hydrogen-bond acceptors (Lipinski definition) is 4. The van der Waals surface area contributed by atoms with Crippen molar-refractivity contribution >= 4 is 22.0 Å². The molecule has 21 heavy (non-hydrogen) atoms. The molecule has 0 spiro atoms. The Bertz CT molecular complexity index is 612. The summed E-state index contributed by atoms with van der Waals surface area (Å²) >= 11 is 0. The lowest BCUT2D eigenvalue weighted by Crippen LogP contribution is -2.39. The molecule has 1 aromatic rings. The second kappa shape index (κ2) is 6.93. The topological polar surface area (TPSA) is 139 Å².